The van der Waals surface area contributed by atoms with Crippen LogP contribution >= 0.6 is 0 Å². The smallest absolute Gasteiger partial charge is 0.0758 e. The maximum absolute atomic E-state index is 9.25. The van der Waals surface area contributed by atoms with Crippen LogP contribution in [0, 0.1) is 0 Å². The van der Waals surface area contributed by atoms with Crippen LogP contribution in [0.25, 0.3) is 0 Å². The van der Waals surface area contributed by atoms with Gasteiger partial charge in [0.25, 0.3) is 0 Å². The van der Waals surface area contributed by atoms with Gasteiger partial charge in [0.15, 0.2) is 0 Å². The fourth-order valence-electron chi connectivity index (χ4n) is 0.272. The van der Waals surface area contributed by atoms with Gasteiger partial charge in [-0.2, -0.15) is 0 Å². The van der Waals surface area contributed by atoms with Gasteiger partial charge in [-0.1, -0.05) is 24.2 Å². The summed E-state index contributed by atoms with van der Waals surface area (Å²) in [6, 6.07) is -2.63. The molecule has 0 saturated carbocycles. The molecular formula is C6H8O. The molecular weight excluding hydrogens is 88.1 g/mol. The van der Waals surface area contributed by atoms with Gasteiger partial charge in [-0.15, -0.1) is 0 Å². The Kier molecular flexibility index (Phi) is 0.341. The summed E-state index contributed by atoms with van der Waals surface area (Å²) in [5.74, 6) is 0. The van der Waals surface area contributed by atoms with E-state index in [-0.39, 0.29) is 0 Å². The Balaban J connectivity index is 3.32. The lowest BCUT2D eigenvalue weighted by atomic mass is 10.1. The molecule has 7 heavy (non-hydrogen) atoms. The fourth-order valence-corrected chi connectivity index (χ4v) is 0.272. The van der Waals surface area contributed by atoms with Gasteiger partial charge in [-0.05, 0) is 6.40 Å². The van der Waals surface area contributed by atoms with E-state index in [1.54, 1.807) is 0 Å². The molecule has 1 aliphatic rings. The lowest BCUT2D eigenvalue weighted by molar-refractivity contribution is 0.225. The maximum atomic E-state index is 9.25. The third-order valence-corrected chi connectivity index (χ3v) is 0.534. The van der Waals surface area contributed by atoms with Crippen molar-refractivity contribution in [2.45, 2.75) is 12.5 Å². The Morgan fingerprint density at radius 3 is 3.71 bits per heavy atom. The summed E-state index contributed by atoms with van der Waals surface area (Å²) in [7, 11) is 0. The highest BCUT2D eigenvalue weighted by molar-refractivity contribution is 5.11. The molecule has 1 aliphatic carbocycles. The molecule has 0 aromatic rings. The maximum Gasteiger partial charge on any atom is 0.0758 e. The number of rotatable bonds is 0. The molecule has 0 amide bonds. The molecule has 0 aromatic heterocycles. The number of hydrogen-bond donors (Lipinski definition) is 1. The van der Waals surface area contributed by atoms with Crippen molar-refractivity contribution in [2.75, 3.05) is 0 Å². The van der Waals surface area contributed by atoms with Crippen molar-refractivity contribution in [3.8, 4) is 0 Å². The molecule has 0 aliphatic heterocycles. The zero-order chi connectivity index (χ0) is 10.4. The molecule has 2 unspecified atom stereocenters. The minimum Gasteiger partial charge on any atom is -0.389 e. The van der Waals surface area contributed by atoms with Crippen LogP contribution in [0.2, 0.25) is 0 Å². The van der Waals surface area contributed by atoms with Gasteiger partial charge in [0.1, 0.15) is 0 Å². The number of aliphatic hydroxyl groups is 1. The molecule has 0 spiro atoms. The quantitative estimate of drug-likeness (QED) is 0.481. The minimum atomic E-state index is -2.57. The van der Waals surface area contributed by atoms with E-state index in [9.17, 15) is 5.11 Å². The molecule has 0 aromatic carbocycles. The number of hydrogen-bond acceptors (Lipinski definition) is 1. The van der Waals surface area contributed by atoms with Crippen LogP contribution in [0.1, 0.15) is 14.6 Å². The average Bonchev–Trinajstić information content (AvgIpc) is 2.09. The Bertz CT molecular complexity index is 304. The molecule has 1 nitrogen and oxygen atoms in total. The summed E-state index contributed by atoms with van der Waals surface area (Å²) in [5.41, 5.74) is 0. The highest BCUT2D eigenvalue weighted by Gasteiger charge is 1.95. The van der Waals surface area contributed by atoms with Gasteiger partial charge >= 0.3 is 0 Å². The molecule has 2 atom stereocenters. The van der Waals surface area contributed by atoms with E-state index >= 15 is 0 Å². The van der Waals surface area contributed by atoms with Crippen LogP contribution in [0.5, 0.6) is 0 Å². The van der Waals surface area contributed by atoms with Crippen molar-refractivity contribution in [3.05, 3.63) is 24.2 Å². The van der Waals surface area contributed by atoms with E-state index in [0.717, 1.165) is 0 Å². The molecule has 0 fully saturated rings. The standard InChI is InChI=1S/C6H8O/c7-6-4-2-1-3-5-6/h1-4,6-7H,5H2/i1D,2D,3D,4D,5D,6D. The summed E-state index contributed by atoms with van der Waals surface area (Å²) in [6.45, 7) is 0. The van der Waals surface area contributed by atoms with E-state index in [2.05, 4.69) is 0 Å². The first-order chi connectivity index (χ1) is 5.80. The summed E-state index contributed by atoms with van der Waals surface area (Å²) in [4.78, 5) is 0. The normalized spacial score (nSPS) is 67.3. The van der Waals surface area contributed by atoms with Crippen LogP contribution in [0.15, 0.2) is 24.2 Å². The van der Waals surface area contributed by atoms with E-state index < -0.39 is 36.7 Å². The van der Waals surface area contributed by atoms with Gasteiger partial charge in [0.05, 0.1) is 12.9 Å². The Hall–Kier alpha value is -0.560. The third-order valence-electron chi connectivity index (χ3n) is 0.534. The van der Waals surface area contributed by atoms with Crippen molar-refractivity contribution in [2.24, 2.45) is 0 Å². The van der Waals surface area contributed by atoms with Gasteiger partial charge in [0, 0.05) is 1.37 Å². The number of allylic oxidation sites excluding steroid dienone is 2. The summed E-state index contributed by atoms with van der Waals surface area (Å²) in [5, 5.41) is 9.25. The summed E-state index contributed by atoms with van der Waals surface area (Å²) >= 11 is 0. The second-order valence-corrected chi connectivity index (χ2v) is 1.05. The zero-order valence-electron chi connectivity index (χ0n) is 9.52. The lowest BCUT2D eigenvalue weighted by Crippen LogP contribution is -2.00. The first-order valence-electron chi connectivity index (χ1n) is 4.88. The Morgan fingerprint density at radius 1 is 2.00 bits per heavy atom. The van der Waals surface area contributed by atoms with E-state index in [1.165, 1.54) is 0 Å². The molecule has 0 saturated heterocycles. The van der Waals surface area contributed by atoms with Crippen LogP contribution < -0.4 is 0 Å². The Labute approximate surface area is 51.4 Å². The highest BCUT2D eigenvalue weighted by Crippen LogP contribution is 2.00. The third kappa shape index (κ3) is 1.16. The zero-order valence-corrected chi connectivity index (χ0v) is 3.52. The largest absolute Gasteiger partial charge is 0.389 e. The van der Waals surface area contributed by atoms with Crippen LogP contribution in [-0.2, 0) is 0 Å². The summed E-state index contributed by atoms with van der Waals surface area (Å²) < 4.78 is 42.9. The van der Waals surface area contributed by atoms with Gasteiger partial charge in [-0.25, -0.2) is 0 Å². The summed E-state index contributed by atoms with van der Waals surface area (Å²) in [6.07, 6.45) is -4.25. The topological polar surface area (TPSA) is 20.2 Å². The monoisotopic (exact) mass is 102 g/mol. The van der Waals surface area contributed by atoms with Crippen LogP contribution in [0.4, 0.5) is 0 Å². The highest BCUT2D eigenvalue weighted by atomic mass is 16.3. The van der Waals surface area contributed by atoms with Crippen LogP contribution in [-0.4, -0.2) is 11.2 Å². The van der Waals surface area contributed by atoms with Crippen molar-refractivity contribution in [1.82, 2.24) is 0 Å². The minimum absolute atomic E-state index is 0.568. The molecule has 0 radical (unpaired) electrons. The molecule has 1 rings (SSSR count). The molecule has 38 valence electrons. The van der Waals surface area contributed by atoms with Crippen molar-refractivity contribution in [3.63, 3.8) is 0 Å². The average molecular weight is 102 g/mol. The first kappa shape index (κ1) is 1.23. The molecule has 1 N–H and O–H groups in total. The predicted octanol–water partition coefficient (Wildman–Crippen LogP) is 0.863. The van der Waals surface area contributed by atoms with E-state index in [4.69, 9.17) is 8.22 Å². The van der Waals surface area contributed by atoms with Gasteiger partial charge < -0.3 is 5.11 Å². The van der Waals surface area contributed by atoms with Crippen molar-refractivity contribution < 1.29 is 13.3 Å². The van der Waals surface area contributed by atoms with Gasteiger partial charge in [0.2, 0.25) is 0 Å². The van der Waals surface area contributed by atoms with Crippen molar-refractivity contribution in [1.29, 1.82) is 0 Å². The molecule has 1 heteroatoms. The first-order valence-corrected chi connectivity index (χ1v) is 1.80. The van der Waals surface area contributed by atoms with E-state index in [1.807, 2.05) is 0 Å². The molecule has 0 heterocycles. The predicted molar refractivity (Wildman–Crippen MR) is 28.9 cm³/mol. The van der Waals surface area contributed by atoms with Crippen molar-refractivity contribution >= 4 is 0 Å². The van der Waals surface area contributed by atoms with Crippen LogP contribution in [0.3, 0.4) is 0 Å². The second-order valence-electron chi connectivity index (χ2n) is 1.05. The second kappa shape index (κ2) is 1.94. The Morgan fingerprint density at radius 2 is 2.86 bits per heavy atom. The van der Waals surface area contributed by atoms with E-state index in [0.29, 0.717) is 0 Å². The molecule has 0 bridgehead atoms. The SMILES string of the molecule is [2H]C1=C([2H])C([2H])C([2H])(O)C([2H])=C1[2H]. The lowest BCUT2D eigenvalue weighted by Gasteiger charge is -2.01. The van der Waals surface area contributed by atoms with Gasteiger partial charge in [-0.3, -0.25) is 0 Å². The fraction of sp³-hybridized carbons (Fsp3) is 0.333.